The Morgan fingerprint density at radius 1 is 1.33 bits per heavy atom. The van der Waals surface area contributed by atoms with Crippen molar-refractivity contribution in [3.63, 3.8) is 0 Å². The number of likely N-dealkylation sites (tertiary alicyclic amines) is 1. The van der Waals surface area contributed by atoms with Crippen molar-refractivity contribution >= 4 is 0 Å². The van der Waals surface area contributed by atoms with Crippen molar-refractivity contribution in [1.82, 2.24) is 9.88 Å². The summed E-state index contributed by atoms with van der Waals surface area (Å²) in [6, 6.07) is 2.54. The second kappa shape index (κ2) is 8.69. The Morgan fingerprint density at radius 3 is 2.95 bits per heavy atom. The summed E-state index contributed by atoms with van der Waals surface area (Å²) in [6.07, 6.45) is 10.8. The van der Waals surface area contributed by atoms with Crippen LogP contribution in [-0.4, -0.2) is 36.1 Å². The molecule has 3 heteroatoms. The maximum absolute atomic E-state index is 5.81. The van der Waals surface area contributed by atoms with Crippen LogP contribution >= 0.6 is 0 Å². The first-order valence-corrected chi connectivity index (χ1v) is 8.06. The van der Waals surface area contributed by atoms with Crippen LogP contribution in [0.15, 0.2) is 18.5 Å². The second-order valence-corrected chi connectivity index (χ2v) is 5.76. The lowest BCUT2D eigenvalue weighted by molar-refractivity contribution is 0.0767. The van der Waals surface area contributed by atoms with Crippen molar-refractivity contribution in [3.05, 3.63) is 24.0 Å². The number of hydrogen-bond acceptors (Lipinski definition) is 3. The molecule has 2 rings (SSSR count). The number of nitrogens with zero attached hydrogens (tertiary/aromatic N) is 2. The van der Waals surface area contributed by atoms with Crippen molar-refractivity contribution in [1.29, 1.82) is 0 Å². The molecule has 1 unspecified atom stereocenters. The highest BCUT2D eigenvalue weighted by molar-refractivity contribution is 5.36. The number of pyridine rings is 1. The van der Waals surface area contributed by atoms with E-state index in [1.807, 2.05) is 6.07 Å². The van der Waals surface area contributed by atoms with E-state index in [-0.39, 0.29) is 0 Å². The van der Waals surface area contributed by atoms with Gasteiger partial charge >= 0.3 is 0 Å². The van der Waals surface area contributed by atoms with Crippen molar-refractivity contribution in [2.24, 2.45) is 0 Å². The fourth-order valence-corrected chi connectivity index (χ4v) is 2.34. The normalized spacial score (nSPS) is 17.7. The van der Waals surface area contributed by atoms with Gasteiger partial charge in [-0.1, -0.05) is 38.0 Å². The first-order chi connectivity index (χ1) is 10.3. The number of unbranched alkanes of at least 4 members (excludes halogenated alkanes) is 4. The Morgan fingerprint density at radius 2 is 2.24 bits per heavy atom. The molecule has 1 fully saturated rings. The van der Waals surface area contributed by atoms with Crippen LogP contribution in [-0.2, 0) is 0 Å². The van der Waals surface area contributed by atoms with Gasteiger partial charge in [-0.15, -0.1) is 0 Å². The molecule has 0 aliphatic carbocycles. The Bertz CT molecular complexity index is 489. The molecular weight excluding hydrogens is 260 g/mol. The van der Waals surface area contributed by atoms with Crippen LogP contribution in [0, 0.1) is 11.8 Å². The lowest BCUT2D eigenvalue weighted by atomic mass is 10.1. The molecule has 1 atom stereocenters. The minimum absolute atomic E-state index is 0.554. The fraction of sp³-hybridized carbons (Fsp3) is 0.611. The third kappa shape index (κ3) is 5.40. The van der Waals surface area contributed by atoms with Crippen molar-refractivity contribution in [2.75, 3.05) is 20.2 Å². The zero-order valence-corrected chi connectivity index (χ0v) is 13.3. The highest BCUT2D eigenvalue weighted by atomic mass is 16.5. The predicted octanol–water partition coefficient (Wildman–Crippen LogP) is 3.49. The SMILES string of the molecule is CCCCCCC#Cc1cncc(OCC2CCN2C)c1. The van der Waals surface area contributed by atoms with E-state index in [4.69, 9.17) is 4.74 Å². The van der Waals surface area contributed by atoms with Gasteiger partial charge in [-0.05, 0) is 32.5 Å². The summed E-state index contributed by atoms with van der Waals surface area (Å²) in [5, 5.41) is 0. The zero-order chi connectivity index (χ0) is 14.9. The summed E-state index contributed by atoms with van der Waals surface area (Å²) in [4.78, 5) is 6.53. The summed E-state index contributed by atoms with van der Waals surface area (Å²) in [6.45, 7) is 4.14. The van der Waals surface area contributed by atoms with Gasteiger partial charge in [0.2, 0.25) is 0 Å². The molecule has 114 valence electrons. The quantitative estimate of drug-likeness (QED) is 0.567. The van der Waals surface area contributed by atoms with Crippen molar-refractivity contribution < 1.29 is 4.74 Å². The Labute approximate surface area is 128 Å². The average Bonchev–Trinajstić information content (AvgIpc) is 2.50. The van der Waals surface area contributed by atoms with E-state index >= 15 is 0 Å². The zero-order valence-electron chi connectivity index (χ0n) is 13.3. The maximum Gasteiger partial charge on any atom is 0.138 e. The van der Waals surface area contributed by atoms with Gasteiger partial charge in [0, 0.05) is 24.2 Å². The maximum atomic E-state index is 5.81. The highest BCUT2D eigenvalue weighted by Crippen LogP contribution is 2.17. The van der Waals surface area contributed by atoms with Gasteiger partial charge in [-0.3, -0.25) is 9.88 Å². The lowest BCUT2D eigenvalue weighted by Gasteiger charge is -2.37. The second-order valence-electron chi connectivity index (χ2n) is 5.76. The molecule has 1 aromatic heterocycles. The third-order valence-corrected chi connectivity index (χ3v) is 3.98. The van der Waals surface area contributed by atoms with E-state index < -0.39 is 0 Å². The summed E-state index contributed by atoms with van der Waals surface area (Å²) in [5.74, 6) is 7.24. The van der Waals surface area contributed by atoms with Gasteiger partial charge in [-0.2, -0.15) is 0 Å². The van der Waals surface area contributed by atoms with Gasteiger partial charge < -0.3 is 4.74 Å². The van der Waals surface area contributed by atoms with E-state index in [2.05, 4.69) is 35.7 Å². The molecule has 0 N–H and O–H groups in total. The van der Waals surface area contributed by atoms with Crippen LogP contribution in [0.25, 0.3) is 0 Å². The molecule has 0 aromatic carbocycles. The largest absolute Gasteiger partial charge is 0.490 e. The molecule has 0 amide bonds. The molecule has 0 radical (unpaired) electrons. The van der Waals surface area contributed by atoms with Crippen LogP contribution in [0.2, 0.25) is 0 Å². The van der Waals surface area contributed by atoms with E-state index in [9.17, 15) is 0 Å². The molecule has 2 heterocycles. The summed E-state index contributed by atoms with van der Waals surface area (Å²) in [7, 11) is 2.14. The molecule has 1 aliphatic rings. The first-order valence-electron chi connectivity index (χ1n) is 8.06. The van der Waals surface area contributed by atoms with Gasteiger partial charge in [0.05, 0.1) is 6.20 Å². The molecule has 3 nitrogen and oxygen atoms in total. The summed E-state index contributed by atoms with van der Waals surface area (Å²) in [5.41, 5.74) is 0.949. The van der Waals surface area contributed by atoms with Gasteiger partial charge in [0.25, 0.3) is 0 Å². The minimum atomic E-state index is 0.554. The van der Waals surface area contributed by atoms with Crippen LogP contribution in [0.1, 0.15) is 51.0 Å². The number of rotatable bonds is 7. The number of hydrogen-bond donors (Lipinski definition) is 0. The van der Waals surface area contributed by atoms with Crippen molar-refractivity contribution in [3.8, 4) is 17.6 Å². The lowest BCUT2D eigenvalue weighted by Crippen LogP contribution is -2.48. The smallest absolute Gasteiger partial charge is 0.138 e. The van der Waals surface area contributed by atoms with E-state index in [0.717, 1.165) is 24.3 Å². The predicted molar refractivity (Wildman–Crippen MR) is 86.4 cm³/mol. The van der Waals surface area contributed by atoms with Crippen molar-refractivity contribution in [2.45, 2.75) is 51.5 Å². The topological polar surface area (TPSA) is 25.4 Å². The van der Waals surface area contributed by atoms with Gasteiger partial charge in [0.1, 0.15) is 12.4 Å². The molecular formula is C18H26N2O. The molecule has 1 saturated heterocycles. The van der Waals surface area contributed by atoms with Crippen LogP contribution in [0.3, 0.4) is 0 Å². The van der Waals surface area contributed by atoms with Crippen LogP contribution in [0.5, 0.6) is 5.75 Å². The average molecular weight is 286 g/mol. The van der Waals surface area contributed by atoms with Gasteiger partial charge in [-0.25, -0.2) is 0 Å². The van der Waals surface area contributed by atoms with Crippen LogP contribution in [0.4, 0.5) is 0 Å². The number of ether oxygens (including phenoxy) is 1. The monoisotopic (exact) mass is 286 g/mol. The standard InChI is InChI=1S/C18H26N2O/c1-3-4-5-6-7-8-9-16-12-18(14-19-13-16)21-15-17-10-11-20(17)2/h12-14,17H,3-7,10-11,15H2,1-2H3. The Kier molecular flexibility index (Phi) is 6.56. The minimum Gasteiger partial charge on any atom is -0.490 e. The molecule has 0 saturated carbocycles. The summed E-state index contributed by atoms with van der Waals surface area (Å²) < 4.78 is 5.81. The number of aromatic nitrogens is 1. The van der Waals surface area contributed by atoms with E-state index in [1.54, 1.807) is 12.4 Å². The molecule has 21 heavy (non-hydrogen) atoms. The first kappa shape index (κ1) is 15.9. The van der Waals surface area contributed by atoms with E-state index in [0.29, 0.717) is 6.04 Å². The van der Waals surface area contributed by atoms with Crippen LogP contribution < -0.4 is 4.74 Å². The molecule has 1 aliphatic heterocycles. The highest BCUT2D eigenvalue weighted by Gasteiger charge is 2.24. The summed E-state index contributed by atoms with van der Waals surface area (Å²) >= 11 is 0. The Balaban J connectivity index is 1.76. The Hall–Kier alpha value is -1.53. The number of likely N-dealkylation sites (N-methyl/N-ethyl adjacent to an activating group) is 1. The fourth-order valence-electron chi connectivity index (χ4n) is 2.34. The molecule has 0 bridgehead atoms. The third-order valence-electron chi connectivity index (χ3n) is 3.98. The van der Waals surface area contributed by atoms with E-state index in [1.165, 1.54) is 38.6 Å². The molecule has 1 aromatic rings. The molecule has 0 spiro atoms. The van der Waals surface area contributed by atoms with Gasteiger partial charge in [0.15, 0.2) is 0 Å².